The van der Waals surface area contributed by atoms with Crippen LogP contribution >= 0.6 is 11.3 Å². The summed E-state index contributed by atoms with van der Waals surface area (Å²) in [6.07, 6.45) is -4.66. The topological polar surface area (TPSA) is 120 Å². The van der Waals surface area contributed by atoms with E-state index >= 15 is 0 Å². The maximum atomic E-state index is 12.7. The van der Waals surface area contributed by atoms with Gasteiger partial charge in [0.2, 0.25) is 0 Å². The third-order valence-corrected chi connectivity index (χ3v) is 4.58. The van der Waals surface area contributed by atoms with Gasteiger partial charge < -0.3 is 20.1 Å². The van der Waals surface area contributed by atoms with Crippen LogP contribution in [-0.4, -0.2) is 75.5 Å². The van der Waals surface area contributed by atoms with Crippen LogP contribution in [0.3, 0.4) is 0 Å². The Bertz CT molecular complexity index is 841. The number of aromatic amines is 1. The number of thiazole rings is 1. The zero-order valence-corrected chi connectivity index (χ0v) is 15.1. The van der Waals surface area contributed by atoms with Gasteiger partial charge >= 0.3 is 6.18 Å². The number of carbonyl (C=O) groups is 2. The first-order chi connectivity index (χ1) is 13.2. The summed E-state index contributed by atoms with van der Waals surface area (Å²) in [5, 5.41) is 20.0. The van der Waals surface area contributed by atoms with Crippen molar-refractivity contribution >= 4 is 23.2 Å². The molecule has 28 heavy (non-hydrogen) atoms. The second-order valence-electron chi connectivity index (χ2n) is 6.22. The van der Waals surface area contributed by atoms with Crippen molar-refractivity contribution < 1.29 is 32.6 Å². The van der Waals surface area contributed by atoms with Crippen molar-refractivity contribution in [3.8, 4) is 0 Å². The summed E-state index contributed by atoms with van der Waals surface area (Å²) >= 11 is 1.24. The summed E-state index contributed by atoms with van der Waals surface area (Å²) < 4.78 is 43.4. The molecule has 3 N–H and O–H groups in total. The molecule has 1 aliphatic heterocycles. The number of hydrogen-bond acceptors (Lipinski definition) is 7. The van der Waals surface area contributed by atoms with E-state index in [1.165, 1.54) is 22.2 Å². The molecule has 0 saturated carbocycles. The minimum atomic E-state index is -4.66. The fourth-order valence-electron chi connectivity index (χ4n) is 2.60. The van der Waals surface area contributed by atoms with Crippen molar-refractivity contribution in [2.45, 2.75) is 11.8 Å². The molecular formula is C15H16F3N5O4S. The van der Waals surface area contributed by atoms with E-state index in [9.17, 15) is 27.9 Å². The largest absolute Gasteiger partial charge is 0.432 e. The summed E-state index contributed by atoms with van der Waals surface area (Å²) in [7, 11) is 0. The Balaban J connectivity index is 1.67. The predicted octanol–water partition coefficient (Wildman–Crippen LogP) is 0.519. The average molecular weight is 419 g/mol. The molecule has 0 aliphatic carbocycles. The molecule has 3 rings (SSSR count). The molecule has 9 nitrogen and oxygen atoms in total. The molecule has 0 unspecified atom stereocenters. The molecule has 2 aromatic heterocycles. The molecule has 1 aliphatic rings. The van der Waals surface area contributed by atoms with Gasteiger partial charge in [-0.2, -0.15) is 18.3 Å². The molecule has 1 atom stereocenters. The Morgan fingerprint density at radius 3 is 2.86 bits per heavy atom. The van der Waals surface area contributed by atoms with Crippen molar-refractivity contribution in [1.82, 2.24) is 25.4 Å². The average Bonchev–Trinajstić information content (AvgIpc) is 3.30. The quantitative estimate of drug-likeness (QED) is 0.665. The molecule has 0 spiro atoms. The lowest BCUT2D eigenvalue weighted by Gasteiger charge is -2.30. The van der Waals surface area contributed by atoms with Gasteiger partial charge in [-0.15, -0.1) is 11.3 Å². The highest BCUT2D eigenvalue weighted by molar-refractivity contribution is 7.07. The van der Waals surface area contributed by atoms with Crippen LogP contribution in [0.15, 0.2) is 17.0 Å². The number of alkyl halides is 3. The van der Waals surface area contributed by atoms with Gasteiger partial charge in [0.15, 0.2) is 5.69 Å². The zero-order valence-electron chi connectivity index (χ0n) is 14.3. The predicted molar refractivity (Wildman–Crippen MR) is 89.7 cm³/mol. The van der Waals surface area contributed by atoms with Gasteiger partial charge in [0, 0.05) is 18.0 Å². The molecule has 0 radical (unpaired) electrons. The first-order valence-electron chi connectivity index (χ1n) is 8.06. The molecule has 0 bridgehead atoms. The Kier molecular flexibility index (Phi) is 5.67. The summed E-state index contributed by atoms with van der Waals surface area (Å²) in [6, 6.07) is 0.608. The van der Waals surface area contributed by atoms with Crippen LogP contribution in [0, 0.1) is 0 Å². The molecule has 0 aromatic carbocycles. The van der Waals surface area contributed by atoms with Crippen LogP contribution in [0.25, 0.3) is 0 Å². The van der Waals surface area contributed by atoms with Crippen LogP contribution in [0.1, 0.15) is 26.7 Å². The molecule has 2 aromatic rings. The minimum Gasteiger partial charge on any atom is -0.384 e. The van der Waals surface area contributed by atoms with Crippen molar-refractivity contribution in [1.29, 1.82) is 0 Å². The van der Waals surface area contributed by atoms with Crippen LogP contribution in [0.5, 0.6) is 0 Å². The SMILES string of the molecule is O=C(NC[C@]1(O)COCCN(C(=O)c2cc(C(F)(F)F)[nH]n2)C1)c1cscn1. The number of rotatable bonds is 4. The maximum Gasteiger partial charge on any atom is 0.432 e. The second-order valence-corrected chi connectivity index (χ2v) is 6.94. The lowest BCUT2D eigenvalue weighted by Crippen LogP contribution is -2.53. The number of β-amino-alcohol motifs (C(OH)–C–C–N with tert-alkyl or cyclic N) is 1. The first-order valence-corrected chi connectivity index (χ1v) is 9.01. The Morgan fingerprint density at radius 2 is 2.21 bits per heavy atom. The number of hydrogen-bond donors (Lipinski definition) is 3. The summed E-state index contributed by atoms with van der Waals surface area (Å²) in [4.78, 5) is 29.5. The standard InChI is InChI=1S/C15H16F3N5O4S/c16-15(17,18)11-3-9(21-22-11)13(25)23-1-2-27-7-14(26,6-23)5-19-12(24)10-4-28-8-20-10/h3-4,8,26H,1-2,5-7H2,(H,19,24)(H,21,22)/t14-/m1/s1. The summed E-state index contributed by atoms with van der Waals surface area (Å²) in [6.45, 7) is -0.526. The van der Waals surface area contributed by atoms with Gasteiger partial charge in [-0.1, -0.05) is 0 Å². The van der Waals surface area contributed by atoms with Crippen molar-refractivity contribution in [2.75, 3.05) is 32.8 Å². The van der Waals surface area contributed by atoms with E-state index in [4.69, 9.17) is 4.74 Å². The molecule has 13 heteroatoms. The van der Waals surface area contributed by atoms with Crippen molar-refractivity contribution in [3.05, 3.63) is 34.0 Å². The Morgan fingerprint density at radius 1 is 1.43 bits per heavy atom. The van der Waals surface area contributed by atoms with E-state index in [2.05, 4.69) is 15.4 Å². The number of aromatic nitrogens is 3. The normalized spacial score (nSPS) is 20.6. The molecule has 2 amide bonds. The molecular weight excluding hydrogens is 403 g/mol. The van der Waals surface area contributed by atoms with Crippen LogP contribution in [0.2, 0.25) is 0 Å². The number of amides is 2. The van der Waals surface area contributed by atoms with E-state index in [1.807, 2.05) is 0 Å². The number of nitrogens with zero attached hydrogens (tertiary/aromatic N) is 3. The number of halogens is 3. The first kappa shape index (κ1) is 20.2. The third-order valence-electron chi connectivity index (χ3n) is 3.99. The molecule has 1 fully saturated rings. The summed E-state index contributed by atoms with van der Waals surface area (Å²) in [5.74, 6) is -1.29. The Labute approximate surface area is 160 Å². The Hall–Kier alpha value is -2.51. The van der Waals surface area contributed by atoms with E-state index in [0.717, 1.165) is 4.90 Å². The van der Waals surface area contributed by atoms with E-state index in [0.29, 0.717) is 6.07 Å². The number of aliphatic hydroxyl groups is 1. The number of ether oxygens (including phenoxy) is 1. The van der Waals surface area contributed by atoms with Crippen molar-refractivity contribution in [2.24, 2.45) is 0 Å². The monoisotopic (exact) mass is 419 g/mol. The highest BCUT2D eigenvalue weighted by atomic mass is 32.1. The van der Waals surface area contributed by atoms with E-state index < -0.39 is 35.0 Å². The van der Waals surface area contributed by atoms with Gasteiger partial charge in [-0.25, -0.2) is 4.98 Å². The fraction of sp³-hybridized carbons (Fsp3) is 0.467. The second kappa shape index (κ2) is 7.85. The van der Waals surface area contributed by atoms with Crippen LogP contribution in [-0.2, 0) is 10.9 Å². The molecule has 152 valence electrons. The third kappa shape index (κ3) is 4.66. The zero-order chi connectivity index (χ0) is 20.4. The molecule has 3 heterocycles. The smallest absolute Gasteiger partial charge is 0.384 e. The van der Waals surface area contributed by atoms with Gasteiger partial charge in [0.05, 0.1) is 31.8 Å². The van der Waals surface area contributed by atoms with E-state index in [-0.39, 0.29) is 38.5 Å². The number of carbonyl (C=O) groups excluding carboxylic acids is 2. The number of H-pyrrole nitrogens is 1. The van der Waals surface area contributed by atoms with Gasteiger partial charge in [0.1, 0.15) is 17.0 Å². The number of nitrogens with one attached hydrogen (secondary N) is 2. The van der Waals surface area contributed by atoms with Crippen molar-refractivity contribution in [3.63, 3.8) is 0 Å². The maximum absolute atomic E-state index is 12.7. The van der Waals surface area contributed by atoms with Gasteiger partial charge in [-0.3, -0.25) is 14.7 Å². The minimum absolute atomic E-state index is 0.0510. The van der Waals surface area contributed by atoms with Crippen LogP contribution in [0.4, 0.5) is 13.2 Å². The highest BCUT2D eigenvalue weighted by Crippen LogP contribution is 2.28. The van der Waals surface area contributed by atoms with Crippen LogP contribution < -0.4 is 5.32 Å². The summed E-state index contributed by atoms with van der Waals surface area (Å²) in [5.41, 5.74) is -1.53. The van der Waals surface area contributed by atoms with E-state index in [1.54, 1.807) is 5.10 Å². The van der Waals surface area contributed by atoms with Gasteiger partial charge in [-0.05, 0) is 0 Å². The lowest BCUT2D eigenvalue weighted by atomic mass is 10.0. The lowest BCUT2D eigenvalue weighted by molar-refractivity contribution is -0.141. The fourth-order valence-corrected chi connectivity index (χ4v) is 3.13. The molecule has 1 saturated heterocycles. The highest BCUT2D eigenvalue weighted by Gasteiger charge is 2.38. The van der Waals surface area contributed by atoms with Gasteiger partial charge in [0.25, 0.3) is 11.8 Å².